The number of nitrogens with zero attached hydrogens (tertiary/aromatic N) is 3. The van der Waals surface area contributed by atoms with Crippen molar-refractivity contribution in [1.29, 1.82) is 0 Å². The lowest BCUT2D eigenvalue weighted by atomic mass is 10.1. The molecule has 1 saturated carbocycles. The molecule has 1 aromatic carbocycles. The average molecular weight is 348 g/mol. The molecule has 120 valence electrons. The van der Waals surface area contributed by atoms with Crippen LogP contribution < -0.4 is 0 Å². The second-order valence-corrected chi connectivity index (χ2v) is 7.27. The van der Waals surface area contributed by atoms with Crippen molar-refractivity contribution in [2.75, 3.05) is 13.3 Å². The van der Waals surface area contributed by atoms with Crippen LogP contribution in [0.1, 0.15) is 24.6 Å². The number of hydrogen-bond donors (Lipinski definition) is 0. The van der Waals surface area contributed by atoms with Crippen molar-refractivity contribution in [2.45, 2.75) is 24.9 Å². The third kappa shape index (κ3) is 2.66. The lowest BCUT2D eigenvalue weighted by Crippen LogP contribution is -2.31. The van der Waals surface area contributed by atoms with Crippen LogP contribution in [0, 0.1) is 5.92 Å². The van der Waals surface area contributed by atoms with Gasteiger partial charge in [0, 0.05) is 29.7 Å². The van der Waals surface area contributed by atoms with Gasteiger partial charge in [-0.1, -0.05) is 40.7 Å². The molecule has 2 aromatic rings. The molecule has 0 amide bonds. The van der Waals surface area contributed by atoms with E-state index in [2.05, 4.69) is 21.3 Å². The maximum atomic E-state index is 6.07. The van der Waals surface area contributed by atoms with Crippen LogP contribution >= 0.6 is 23.4 Å². The van der Waals surface area contributed by atoms with Crippen molar-refractivity contribution < 1.29 is 4.52 Å². The number of benzene rings is 1. The smallest absolute Gasteiger partial charge is 0.167 e. The molecule has 1 aliphatic carbocycles. The first-order valence-electron chi connectivity index (χ1n) is 7.73. The molecule has 6 heteroatoms. The summed E-state index contributed by atoms with van der Waals surface area (Å²) in [6.45, 7) is 0. The molecule has 2 aliphatic rings. The molecule has 0 spiro atoms. The summed E-state index contributed by atoms with van der Waals surface area (Å²) in [4.78, 5) is 6.87. The minimum Gasteiger partial charge on any atom is -0.356 e. The number of halogens is 1. The molecule has 0 radical (unpaired) electrons. The van der Waals surface area contributed by atoms with E-state index >= 15 is 0 Å². The molecular weight excluding hydrogens is 330 g/mol. The fourth-order valence-electron chi connectivity index (χ4n) is 3.53. The van der Waals surface area contributed by atoms with Crippen LogP contribution in [0.25, 0.3) is 11.3 Å². The van der Waals surface area contributed by atoms with Crippen LogP contribution in [0.5, 0.6) is 0 Å². The van der Waals surface area contributed by atoms with Gasteiger partial charge in [0.2, 0.25) is 0 Å². The second kappa shape index (κ2) is 5.87. The average Bonchev–Trinajstić information content (AvgIpc) is 2.99. The van der Waals surface area contributed by atoms with Crippen LogP contribution in [0.3, 0.4) is 0 Å². The maximum Gasteiger partial charge on any atom is 0.167 e. The Morgan fingerprint density at radius 3 is 3.00 bits per heavy atom. The van der Waals surface area contributed by atoms with E-state index < -0.39 is 0 Å². The van der Waals surface area contributed by atoms with E-state index in [9.17, 15) is 0 Å². The zero-order valence-corrected chi connectivity index (χ0v) is 14.6. The van der Waals surface area contributed by atoms with Crippen molar-refractivity contribution in [3.63, 3.8) is 0 Å². The molecule has 3 atom stereocenters. The van der Waals surface area contributed by atoms with Gasteiger partial charge in [-0.3, -0.25) is 4.99 Å². The van der Waals surface area contributed by atoms with Crippen LogP contribution in [-0.4, -0.2) is 34.6 Å². The molecule has 4 rings (SSSR count). The van der Waals surface area contributed by atoms with E-state index in [1.54, 1.807) is 11.8 Å². The van der Waals surface area contributed by atoms with E-state index in [0.29, 0.717) is 11.1 Å². The molecule has 0 unspecified atom stereocenters. The Labute approximate surface area is 144 Å². The lowest BCUT2D eigenvalue weighted by Gasteiger charge is -2.28. The molecule has 0 N–H and O–H groups in total. The Kier molecular flexibility index (Phi) is 3.85. The highest BCUT2D eigenvalue weighted by Crippen LogP contribution is 2.54. The number of likely N-dealkylation sites (tertiary alicyclic amines) is 1. The highest BCUT2D eigenvalue weighted by atomic mass is 35.5. The highest BCUT2D eigenvalue weighted by Gasteiger charge is 2.54. The third-order valence-corrected chi connectivity index (χ3v) is 5.67. The Bertz CT molecular complexity index is 760. The first-order chi connectivity index (χ1) is 11.2. The quantitative estimate of drug-likeness (QED) is 0.593. The number of hydrogen-bond acceptors (Lipinski definition) is 4. The molecule has 1 aromatic heterocycles. The van der Waals surface area contributed by atoms with Gasteiger partial charge in [0.25, 0.3) is 0 Å². The van der Waals surface area contributed by atoms with Gasteiger partial charge >= 0.3 is 0 Å². The van der Waals surface area contributed by atoms with Gasteiger partial charge in [-0.25, -0.2) is 0 Å². The van der Waals surface area contributed by atoms with Gasteiger partial charge in [-0.15, -0.1) is 0 Å². The van der Waals surface area contributed by atoms with Crippen LogP contribution in [0.15, 0.2) is 39.8 Å². The van der Waals surface area contributed by atoms with Crippen molar-refractivity contribution in [3.05, 3.63) is 41.0 Å². The number of rotatable bonds is 2. The Hall–Kier alpha value is -1.46. The normalized spacial score (nSPS) is 26.5. The second-order valence-electron chi connectivity index (χ2n) is 6.06. The summed E-state index contributed by atoms with van der Waals surface area (Å²) < 4.78 is 5.58. The van der Waals surface area contributed by atoms with Crippen LogP contribution in [0.4, 0.5) is 0 Å². The number of fused-ring (bicyclic) bond motifs is 1. The molecule has 0 bridgehead atoms. The Morgan fingerprint density at radius 2 is 2.26 bits per heavy atom. The minimum absolute atomic E-state index is 0.265. The largest absolute Gasteiger partial charge is 0.356 e. The van der Waals surface area contributed by atoms with E-state index in [1.165, 1.54) is 6.42 Å². The van der Waals surface area contributed by atoms with E-state index in [1.807, 2.05) is 37.4 Å². The molecule has 1 saturated heterocycles. The van der Waals surface area contributed by atoms with E-state index in [4.69, 9.17) is 16.1 Å². The first kappa shape index (κ1) is 15.1. The zero-order valence-electron chi connectivity index (χ0n) is 13.1. The van der Waals surface area contributed by atoms with Crippen molar-refractivity contribution >= 4 is 28.5 Å². The first-order valence-corrected chi connectivity index (χ1v) is 9.33. The van der Waals surface area contributed by atoms with Crippen molar-refractivity contribution in [2.24, 2.45) is 10.9 Å². The van der Waals surface area contributed by atoms with Gasteiger partial charge in [-0.05, 0) is 37.1 Å². The zero-order chi connectivity index (χ0) is 16.0. The van der Waals surface area contributed by atoms with Crippen LogP contribution in [-0.2, 0) is 0 Å². The Morgan fingerprint density at radius 1 is 1.39 bits per heavy atom. The summed E-state index contributed by atoms with van der Waals surface area (Å²) in [5.74, 6) is 1.54. The fraction of sp³-hybridized carbons (Fsp3) is 0.412. The van der Waals surface area contributed by atoms with Gasteiger partial charge in [0.1, 0.15) is 5.69 Å². The van der Waals surface area contributed by atoms with Gasteiger partial charge < -0.3 is 9.42 Å². The molecule has 1 aliphatic heterocycles. The van der Waals surface area contributed by atoms with Crippen LogP contribution in [0.2, 0.25) is 5.02 Å². The predicted molar refractivity (Wildman–Crippen MR) is 94.9 cm³/mol. The summed E-state index contributed by atoms with van der Waals surface area (Å²) in [5.41, 5.74) is 1.95. The number of aromatic nitrogens is 1. The molecule has 2 fully saturated rings. The summed E-state index contributed by atoms with van der Waals surface area (Å²) in [5, 5.41) is 6.13. The molecule has 23 heavy (non-hydrogen) atoms. The molecule has 2 heterocycles. The van der Waals surface area contributed by atoms with E-state index in [-0.39, 0.29) is 6.04 Å². The maximum absolute atomic E-state index is 6.07. The van der Waals surface area contributed by atoms with Crippen molar-refractivity contribution in [3.8, 4) is 11.3 Å². The highest BCUT2D eigenvalue weighted by molar-refractivity contribution is 8.13. The van der Waals surface area contributed by atoms with E-state index in [0.717, 1.165) is 34.5 Å². The lowest BCUT2D eigenvalue weighted by molar-refractivity contribution is 0.327. The van der Waals surface area contributed by atoms with Gasteiger partial charge in [0.05, 0.1) is 6.04 Å². The standard InChI is InChI=1S/C17H18ClN3OS/c1-19-17(23-2)21-14-7-11(14)8-15(21)13-9-16(22-20-13)10-4-3-5-12(18)6-10/h3-6,9,11,14-15H,7-8H2,1-2H3/b19-17-/t11-,14-,15-/m1/s1. The number of aliphatic imine (C=N–C) groups is 1. The minimum atomic E-state index is 0.265. The SMILES string of the molecule is C/N=C(\SC)N1[C@@H](c2cc(-c3cccc(Cl)c3)on2)C[C@H]2C[C@H]21. The summed E-state index contributed by atoms with van der Waals surface area (Å²) >= 11 is 7.77. The molecular formula is C17H18ClN3OS. The molecule has 4 nitrogen and oxygen atoms in total. The predicted octanol–water partition coefficient (Wildman–Crippen LogP) is 4.48. The number of piperidine rings is 1. The summed E-state index contributed by atoms with van der Waals surface area (Å²) in [6.07, 6.45) is 4.48. The van der Waals surface area contributed by atoms with Gasteiger partial charge in [0.15, 0.2) is 10.9 Å². The third-order valence-electron chi connectivity index (χ3n) is 4.68. The van der Waals surface area contributed by atoms with Gasteiger partial charge in [-0.2, -0.15) is 0 Å². The number of amidine groups is 1. The monoisotopic (exact) mass is 347 g/mol. The Balaban J connectivity index is 1.64. The topological polar surface area (TPSA) is 41.6 Å². The summed E-state index contributed by atoms with van der Waals surface area (Å²) in [6, 6.07) is 10.6. The fourth-order valence-corrected chi connectivity index (χ4v) is 4.38. The number of thioether (sulfide) groups is 1. The summed E-state index contributed by atoms with van der Waals surface area (Å²) in [7, 11) is 1.86. The van der Waals surface area contributed by atoms with Crippen molar-refractivity contribution in [1.82, 2.24) is 10.1 Å².